The van der Waals surface area contributed by atoms with Crippen molar-refractivity contribution in [2.75, 3.05) is 16.8 Å². The van der Waals surface area contributed by atoms with Crippen LogP contribution in [-0.4, -0.2) is 21.5 Å². The Bertz CT molecular complexity index is 1070. The summed E-state index contributed by atoms with van der Waals surface area (Å²) >= 11 is 0. The highest BCUT2D eigenvalue weighted by Gasteiger charge is 2.11. The van der Waals surface area contributed by atoms with E-state index >= 15 is 0 Å². The lowest BCUT2D eigenvalue weighted by Crippen LogP contribution is -2.18. The first-order valence-corrected chi connectivity index (χ1v) is 9.02. The minimum Gasteiger partial charge on any atom is -0.326 e. The summed E-state index contributed by atoms with van der Waals surface area (Å²) < 4.78 is 0. The van der Waals surface area contributed by atoms with Gasteiger partial charge in [-0.25, -0.2) is 4.98 Å². The summed E-state index contributed by atoms with van der Waals surface area (Å²) in [5.74, 6) is 1.41. The van der Waals surface area contributed by atoms with Crippen LogP contribution in [0.5, 0.6) is 0 Å². The Morgan fingerprint density at radius 1 is 0.926 bits per heavy atom. The number of nitrogens with zero attached hydrogens (tertiary/aromatic N) is 4. The van der Waals surface area contributed by atoms with Crippen molar-refractivity contribution in [3.63, 3.8) is 0 Å². The quantitative estimate of drug-likeness (QED) is 0.531. The largest absolute Gasteiger partial charge is 0.326 e. The van der Waals surface area contributed by atoms with Crippen molar-refractivity contribution in [3.8, 4) is 0 Å². The molecule has 4 rings (SSSR count). The van der Waals surface area contributed by atoms with E-state index in [-0.39, 0.29) is 0 Å². The van der Waals surface area contributed by atoms with Gasteiger partial charge in [0.2, 0.25) is 5.95 Å². The molecule has 0 amide bonds. The molecule has 5 heteroatoms. The molecule has 0 bridgehead atoms. The third-order valence-electron chi connectivity index (χ3n) is 4.43. The molecule has 2 aromatic carbocycles. The Kier molecular flexibility index (Phi) is 4.66. The molecule has 0 saturated heterocycles. The van der Waals surface area contributed by atoms with Crippen molar-refractivity contribution < 1.29 is 0 Å². The van der Waals surface area contributed by atoms with E-state index in [0.29, 0.717) is 5.95 Å². The maximum Gasteiger partial charge on any atom is 0.229 e. The molecule has 0 aliphatic carbocycles. The summed E-state index contributed by atoms with van der Waals surface area (Å²) in [5, 5.41) is 4.40. The zero-order valence-corrected chi connectivity index (χ0v) is 15.4. The predicted molar refractivity (Wildman–Crippen MR) is 111 cm³/mol. The number of aryl methyl sites for hydroxylation is 1. The van der Waals surface area contributed by atoms with Gasteiger partial charge in [-0.1, -0.05) is 30.3 Å². The first kappa shape index (κ1) is 17.0. The van der Waals surface area contributed by atoms with Crippen LogP contribution in [0.25, 0.3) is 10.9 Å². The molecule has 0 fully saturated rings. The lowest BCUT2D eigenvalue weighted by Gasteiger charge is -2.22. The SMILES string of the molecule is CCN(c1cccc(C)c1)c1ccnc(Nc2cccc3cccnc23)n1. The summed E-state index contributed by atoms with van der Waals surface area (Å²) in [5.41, 5.74) is 4.14. The van der Waals surface area contributed by atoms with Crippen LogP contribution in [0.2, 0.25) is 0 Å². The van der Waals surface area contributed by atoms with Crippen molar-refractivity contribution in [3.05, 3.63) is 78.6 Å². The van der Waals surface area contributed by atoms with Crippen LogP contribution in [0.1, 0.15) is 12.5 Å². The van der Waals surface area contributed by atoms with Crippen LogP contribution >= 0.6 is 0 Å². The number of benzene rings is 2. The third-order valence-corrected chi connectivity index (χ3v) is 4.43. The molecule has 1 N–H and O–H groups in total. The second kappa shape index (κ2) is 7.41. The number of fused-ring (bicyclic) bond motifs is 1. The second-order valence-electron chi connectivity index (χ2n) is 6.33. The molecular weight excluding hydrogens is 334 g/mol. The number of nitrogens with one attached hydrogen (secondary N) is 1. The monoisotopic (exact) mass is 355 g/mol. The Balaban J connectivity index is 1.68. The number of hydrogen-bond acceptors (Lipinski definition) is 5. The van der Waals surface area contributed by atoms with Gasteiger partial charge in [0.25, 0.3) is 0 Å². The van der Waals surface area contributed by atoms with Gasteiger partial charge in [-0.2, -0.15) is 4.98 Å². The Morgan fingerprint density at radius 3 is 2.63 bits per heavy atom. The number of rotatable bonds is 5. The maximum atomic E-state index is 4.73. The highest BCUT2D eigenvalue weighted by atomic mass is 15.2. The van der Waals surface area contributed by atoms with E-state index in [9.17, 15) is 0 Å². The molecule has 2 aromatic heterocycles. The van der Waals surface area contributed by atoms with Crippen molar-refractivity contribution >= 4 is 34.0 Å². The van der Waals surface area contributed by atoms with Crippen LogP contribution in [0.4, 0.5) is 23.1 Å². The normalized spacial score (nSPS) is 10.7. The third kappa shape index (κ3) is 3.58. The lowest BCUT2D eigenvalue weighted by atomic mass is 10.2. The summed E-state index contributed by atoms with van der Waals surface area (Å²) in [6, 6.07) is 20.4. The minimum absolute atomic E-state index is 0.553. The Hall–Kier alpha value is -3.47. The van der Waals surface area contributed by atoms with E-state index < -0.39 is 0 Å². The topological polar surface area (TPSA) is 53.9 Å². The fraction of sp³-hybridized carbons (Fsp3) is 0.136. The molecule has 2 heterocycles. The first-order valence-electron chi connectivity index (χ1n) is 9.02. The number of hydrogen-bond donors (Lipinski definition) is 1. The molecule has 134 valence electrons. The molecule has 0 atom stereocenters. The molecular formula is C22H21N5. The molecule has 4 aromatic rings. The zero-order chi connectivity index (χ0) is 18.6. The molecule has 0 spiro atoms. The minimum atomic E-state index is 0.553. The second-order valence-corrected chi connectivity index (χ2v) is 6.33. The zero-order valence-electron chi connectivity index (χ0n) is 15.4. The van der Waals surface area contributed by atoms with Gasteiger partial charge in [-0.05, 0) is 49.7 Å². The van der Waals surface area contributed by atoms with Crippen LogP contribution in [0.3, 0.4) is 0 Å². The van der Waals surface area contributed by atoms with Crippen LogP contribution in [-0.2, 0) is 0 Å². The Morgan fingerprint density at radius 2 is 1.78 bits per heavy atom. The molecule has 0 unspecified atom stereocenters. The van der Waals surface area contributed by atoms with Crippen molar-refractivity contribution in [2.24, 2.45) is 0 Å². The molecule has 0 saturated carbocycles. The summed E-state index contributed by atoms with van der Waals surface area (Å²) in [6.07, 6.45) is 3.57. The highest BCUT2D eigenvalue weighted by Crippen LogP contribution is 2.27. The fourth-order valence-corrected chi connectivity index (χ4v) is 3.16. The number of aromatic nitrogens is 3. The number of anilines is 4. The van der Waals surface area contributed by atoms with Gasteiger partial charge in [-0.15, -0.1) is 0 Å². The van der Waals surface area contributed by atoms with Gasteiger partial charge in [0.15, 0.2) is 0 Å². The van der Waals surface area contributed by atoms with Crippen LogP contribution in [0.15, 0.2) is 73.1 Å². The summed E-state index contributed by atoms with van der Waals surface area (Å²) in [4.78, 5) is 15.8. The average Bonchev–Trinajstić information content (AvgIpc) is 2.69. The standard InChI is InChI=1S/C22H21N5/c1-3-27(18-10-4-7-16(2)15-18)20-12-14-24-22(26-20)25-19-11-5-8-17-9-6-13-23-21(17)19/h4-15H,3H2,1-2H3,(H,24,25,26). The molecule has 5 nitrogen and oxygen atoms in total. The van der Waals surface area contributed by atoms with Gasteiger partial charge in [-0.3, -0.25) is 4.98 Å². The average molecular weight is 355 g/mol. The van der Waals surface area contributed by atoms with E-state index in [1.54, 1.807) is 12.4 Å². The number of pyridine rings is 1. The molecule has 0 aliphatic rings. The van der Waals surface area contributed by atoms with Crippen molar-refractivity contribution in [1.82, 2.24) is 15.0 Å². The van der Waals surface area contributed by atoms with Gasteiger partial charge in [0.05, 0.1) is 11.2 Å². The van der Waals surface area contributed by atoms with Gasteiger partial charge in [0, 0.05) is 30.0 Å². The summed E-state index contributed by atoms with van der Waals surface area (Å²) in [7, 11) is 0. The Labute approximate surface area is 158 Å². The lowest BCUT2D eigenvalue weighted by molar-refractivity contribution is 0.978. The van der Waals surface area contributed by atoms with Gasteiger partial charge < -0.3 is 10.2 Å². The van der Waals surface area contributed by atoms with Crippen molar-refractivity contribution in [2.45, 2.75) is 13.8 Å². The van der Waals surface area contributed by atoms with E-state index in [0.717, 1.165) is 34.6 Å². The van der Waals surface area contributed by atoms with Gasteiger partial charge >= 0.3 is 0 Å². The van der Waals surface area contributed by atoms with Gasteiger partial charge in [0.1, 0.15) is 5.82 Å². The maximum absolute atomic E-state index is 4.73. The van der Waals surface area contributed by atoms with Crippen molar-refractivity contribution in [1.29, 1.82) is 0 Å². The highest BCUT2D eigenvalue weighted by molar-refractivity contribution is 5.91. The summed E-state index contributed by atoms with van der Waals surface area (Å²) in [6.45, 7) is 5.03. The smallest absolute Gasteiger partial charge is 0.229 e. The van der Waals surface area contributed by atoms with E-state index in [1.807, 2.05) is 36.4 Å². The van der Waals surface area contributed by atoms with Crippen LogP contribution < -0.4 is 10.2 Å². The first-order chi connectivity index (χ1) is 13.2. The van der Waals surface area contributed by atoms with E-state index in [2.05, 4.69) is 58.3 Å². The van der Waals surface area contributed by atoms with E-state index in [4.69, 9.17) is 4.98 Å². The van der Waals surface area contributed by atoms with E-state index in [1.165, 1.54) is 5.56 Å². The van der Waals surface area contributed by atoms with Crippen LogP contribution in [0, 0.1) is 6.92 Å². The fourth-order valence-electron chi connectivity index (χ4n) is 3.16. The molecule has 0 radical (unpaired) electrons. The predicted octanol–water partition coefficient (Wildman–Crippen LogP) is 5.23. The number of para-hydroxylation sites is 1. The molecule has 0 aliphatic heterocycles. The molecule has 27 heavy (non-hydrogen) atoms.